The number of carbonyl (C=O) groups excluding carboxylic acids is 1. The van der Waals surface area contributed by atoms with Crippen molar-refractivity contribution in [1.82, 2.24) is 0 Å². The first kappa shape index (κ1) is 11.8. The average molecular weight is 310 g/mol. The Balaban J connectivity index is 2.10. The van der Waals surface area contributed by atoms with Crippen LogP contribution >= 0.6 is 15.9 Å². The van der Waals surface area contributed by atoms with Crippen molar-refractivity contribution in [2.45, 2.75) is 24.8 Å². The van der Waals surface area contributed by atoms with Gasteiger partial charge in [0.1, 0.15) is 13.2 Å². The van der Waals surface area contributed by atoms with Crippen LogP contribution in [-0.2, 0) is 10.3 Å². The quantitative estimate of drug-likeness (QED) is 0.623. The Labute approximate surface area is 113 Å². The molecule has 1 heterocycles. The maximum absolute atomic E-state index is 10.6. The molecule has 0 bridgehead atoms. The zero-order valence-electron chi connectivity index (χ0n) is 9.74. The number of rotatable bonds is 2. The van der Waals surface area contributed by atoms with E-state index in [0.717, 1.165) is 35.0 Å². The van der Waals surface area contributed by atoms with Crippen LogP contribution in [0.2, 0.25) is 0 Å². The third kappa shape index (κ3) is 1.66. The molecular weight excluding hydrogens is 298 g/mol. The number of nitrogens with zero attached hydrogens (tertiary/aromatic N) is 1. The fourth-order valence-electron chi connectivity index (χ4n) is 2.48. The van der Waals surface area contributed by atoms with Crippen LogP contribution in [0.25, 0.3) is 0 Å². The minimum atomic E-state index is -0.420. The van der Waals surface area contributed by atoms with Gasteiger partial charge in [0.15, 0.2) is 11.5 Å². The molecule has 3 rings (SSSR count). The lowest BCUT2D eigenvalue weighted by Gasteiger charge is -2.38. The SMILES string of the molecule is O=C=NC1(c2ccc3c(c2Br)OCCO3)CCC1. The second-order valence-corrected chi connectivity index (χ2v) is 5.33. The molecule has 1 saturated carbocycles. The predicted molar refractivity (Wildman–Crippen MR) is 68.8 cm³/mol. The van der Waals surface area contributed by atoms with Crippen LogP contribution in [0.5, 0.6) is 11.5 Å². The van der Waals surface area contributed by atoms with E-state index in [1.807, 2.05) is 12.1 Å². The van der Waals surface area contributed by atoms with Gasteiger partial charge in [-0.1, -0.05) is 6.07 Å². The van der Waals surface area contributed by atoms with Crippen molar-refractivity contribution in [3.05, 3.63) is 22.2 Å². The number of hydrogen-bond acceptors (Lipinski definition) is 4. The molecule has 0 amide bonds. The number of fused-ring (bicyclic) bond motifs is 1. The second-order valence-electron chi connectivity index (χ2n) is 4.54. The molecule has 1 aromatic rings. The van der Waals surface area contributed by atoms with Crippen LogP contribution in [-0.4, -0.2) is 19.3 Å². The average Bonchev–Trinajstić information content (AvgIpc) is 2.35. The molecule has 1 aromatic carbocycles. The largest absolute Gasteiger partial charge is 0.486 e. The van der Waals surface area contributed by atoms with Crippen molar-refractivity contribution in [3.8, 4) is 11.5 Å². The molecule has 0 spiro atoms. The highest BCUT2D eigenvalue weighted by molar-refractivity contribution is 9.10. The van der Waals surface area contributed by atoms with E-state index in [0.29, 0.717) is 19.0 Å². The molecule has 0 aromatic heterocycles. The van der Waals surface area contributed by atoms with Gasteiger partial charge in [-0.15, -0.1) is 0 Å². The smallest absolute Gasteiger partial charge is 0.235 e. The maximum Gasteiger partial charge on any atom is 0.235 e. The van der Waals surface area contributed by atoms with Gasteiger partial charge in [-0.25, -0.2) is 4.79 Å². The van der Waals surface area contributed by atoms with Gasteiger partial charge in [0.25, 0.3) is 0 Å². The maximum atomic E-state index is 10.6. The molecule has 1 aliphatic heterocycles. The van der Waals surface area contributed by atoms with Gasteiger partial charge < -0.3 is 9.47 Å². The molecule has 4 nitrogen and oxygen atoms in total. The van der Waals surface area contributed by atoms with Crippen molar-refractivity contribution >= 4 is 22.0 Å². The standard InChI is InChI=1S/C13H12BrNO3/c14-11-9(13(15-8-16)4-1-5-13)2-3-10-12(11)18-7-6-17-10/h2-3H,1,4-7H2. The van der Waals surface area contributed by atoms with Gasteiger partial charge in [0.2, 0.25) is 6.08 Å². The van der Waals surface area contributed by atoms with Crippen LogP contribution < -0.4 is 9.47 Å². The zero-order chi connectivity index (χ0) is 12.6. The minimum absolute atomic E-state index is 0.420. The summed E-state index contributed by atoms with van der Waals surface area (Å²) in [5.41, 5.74) is 0.567. The summed E-state index contributed by atoms with van der Waals surface area (Å²) in [7, 11) is 0. The molecule has 94 valence electrons. The van der Waals surface area contributed by atoms with Gasteiger partial charge in [-0.2, -0.15) is 4.99 Å². The Morgan fingerprint density at radius 2 is 2.06 bits per heavy atom. The first-order chi connectivity index (χ1) is 8.77. The van der Waals surface area contributed by atoms with Crippen molar-refractivity contribution < 1.29 is 14.3 Å². The molecular formula is C13H12BrNO3. The first-order valence-corrected chi connectivity index (χ1v) is 6.74. The Morgan fingerprint density at radius 1 is 1.28 bits per heavy atom. The Kier molecular flexibility index (Phi) is 2.88. The first-order valence-electron chi connectivity index (χ1n) is 5.94. The summed E-state index contributed by atoms with van der Waals surface area (Å²) in [5.74, 6) is 1.45. The number of benzene rings is 1. The fraction of sp³-hybridized carbons (Fsp3) is 0.462. The van der Waals surface area contributed by atoms with Crippen LogP contribution in [0.15, 0.2) is 21.6 Å². The third-order valence-corrected chi connectivity index (χ3v) is 4.38. The monoisotopic (exact) mass is 309 g/mol. The van der Waals surface area contributed by atoms with E-state index >= 15 is 0 Å². The zero-order valence-corrected chi connectivity index (χ0v) is 11.3. The lowest BCUT2D eigenvalue weighted by Crippen LogP contribution is -2.32. The van der Waals surface area contributed by atoms with E-state index in [4.69, 9.17) is 9.47 Å². The molecule has 2 aliphatic rings. The third-order valence-electron chi connectivity index (χ3n) is 3.59. The number of isocyanates is 1. The summed E-state index contributed by atoms with van der Waals surface area (Å²) in [6, 6.07) is 3.84. The number of ether oxygens (including phenoxy) is 2. The van der Waals surface area contributed by atoms with Gasteiger partial charge in [-0.3, -0.25) is 0 Å². The van der Waals surface area contributed by atoms with Crippen molar-refractivity contribution in [2.75, 3.05) is 13.2 Å². The molecule has 5 heteroatoms. The molecule has 1 aliphatic carbocycles. The highest BCUT2D eigenvalue weighted by atomic mass is 79.9. The lowest BCUT2D eigenvalue weighted by atomic mass is 9.72. The van der Waals surface area contributed by atoms with Crippen LogP contribution in [0, 0.1) is 0 Å². The van der Waals surface area contributed by atoms with Crippen LogP contribution in [0.4, 0.5) is 0 Å². The van der Waals surface area contributed by atoms with Gasteiger partial charge in [0.05, 0.1) is 10.0 Å². The second kappa shape index (κ2) is 4.41. The molecule has 1 fully saturated rings. The van der Waals surface area contributed by atoms with Crippen molar-refractivity contribution in [2.24, 2.45) is 4.99 Å². The summed E-state index contributed by atoms with van der Waals surface area (Å²) in [6.07, 6.45) is 4.52. The van der Waals surface area contributed by atoms with Crippen molar-refractivity contribution in [1.29, 1.82) is 0 Å². The van der Waals surface area contributed by atoms with Crippen molar-refractivity contribution in [3.63, 3.8) is 0 Å². The summed E-state index contributed by atoms with van der Waals surface area (Å²) in [6.45, 7) is 1.11. The Hall–Kier alpha value is -1.32. The summed E-state index contributed by atoms with van der Waals surface area (Å²) < 4.78 is 12.0. The highest BCUT2D eigenvalue weighted by Gasteiger charge is 2.41. The summed E-state index contributed by atoms with van der Waals surface area (Å²) >= 11 is 3.55. The van der Waals surface area contributed by atoms with E-state index in [1.165, 1.54) is 0 Å². The molecule has 0 unspecified atom stereocenters. The molecule has 0 atom stereocenters. The number of aliphatic imine (C=N–C) groups is 1. The molecule has 18 heavy (non-hydrogen) atoms. The molecule has 0 saturated heterocycles. The molecule has 0 N–H and O–H groups in total. The highest BCUT2D eigenvalue weighted by Crippen LogP contribution is 2.51. The van der Waals surface area contributed by atoms with Crippen LogP contribution in [0.1, 0.15) is 24.8 Å². The summed E-state index contributed by atoms with van der Waals surface area (Å²) in [5, 5.41) is 0. The van der Waals surface area contributed by atoms with E-state index in [1.54, 1.807) is 6.08 Å². The molecule has 0 radical (unpaired) electrons. The minimum Gasteiger partial charge on any atom is -0.486 e. The predicted octanol–water partition coefficient (Wildman–Crippen LogP) is 2.94. The van der Waals surface area contributed by atoms with Gasteiger partial charge in [-0.05, 0) is 46.8 Å². The Bertz CT molecular complexity index is 533. The summed E-state index contributed by atoms with van der Waals surface area (Å²) in [4.78, 5) is 14.6. The topological polar surface area (TPSA) is 47.9 Å². The normalized spacial score (nSPS) is 19.6. The fourth-order valence-corrected chi connectivity index (χ4v) is 3.29. The van der Waals surface area contributed by atoms with Crippen LogP contribution in [0.3, 0.4) is 0 Å². The van der Waals surface area contributed by atoms with E-state index in [9.17, 15) is 4.79 Å². The van der Waals surface area contributed by atoms with Gasteiger partial charge >= 0.3 is 0 Å². The lowest BCUT2D eigenvalue weighted by molar-refractivity contribution is 0.168. The number of halogens is 1. The van der Waals surface area contributed by atoms with E-state index in [2.05, 4.69) is 20.9 Å². The number of hydrogen-bond donors (Lipinski definition) is 0. The van der Waals surface area contributed by atoms with Gasteiger partial charge in [0, 0.05) is 0 Å². The van der Waals surface area contributed by atoms with E-state index in [-0.39, 0.29) is 0 Å². The van der Waals surface area contributed by atoms with E-state index < -0.39 is 5.54 Å². The Morgan fingerprint density at radius 3 is 2.72 bits per heavy atom.